The zero-order valence-corrected chi connectivity index (χ0v) is 10.1. The Labute approximate surface area is 105 Å². The lowest BCUT2D eigenvalue weighted by Gasteiger charge is -2.28. The molecule has 1 aliphatic heterocycles. The first kappa shape index (κ1) is 12.7. The van der Waals surface area contributed by atoms with E-state index in [9.17, 15) is 9.90 Å². The first-order valence-electron chi connectivity index (χ1n) is 5.77. The average molecular weight is 252 g/mol. The minimum absolute atomic E-state index is 0.250. The number of hydrogen-bond donors (Lipinski definition) is 3. The quantitative estimate of drug-likeness (QED) is 0.664. The Morgan fingerprint density at radius 1 is 1.50 bits per heavy atom. The van der Waals surface area contributed by atoms with Crippen molar-refractivity contribution in [3.63, 3.8) is 0 Å². The van der Waals surface area contributed by atoms with Crippen LogP contribution in [0.3, 0.4) is 0 Å². The number of aromatic nitrogens is 2. The predicted molar refractivity (Wildman–Crippen MR) is 64.3 cm³/mol. The summed E-state index contributed by atoms with van der Waals surface area (Å²) in [6.45, 7) is 0.789. The Kier molecular flexibility index (Phi) is 4.06. The minimum atomic E-state index is -0.666. The molecule has 1 fully saturated rings. The van der Waals surface area contributed by atoms with Crippen LogP contribution in [0, 0.1) is 0 Å². The molecule has 2 heterocycles. The van der Waals surface area contributed by atoms with E-state index in [4.69, 9.17) is 4.74 Å². The van der Waals surface area contributed by atoms with Crippen molar-refractivity contribution < 1.29 is 14.6 Å². The maximum absolute atomic E-state index is 11.9. The van der Waals surface area contributed by atoms with E-state index in [1.807, 2.05) is 0 Å². The monoisotopic (exact) mass is 252 g/mol. The molecule has 3 N–H and O–H groups in total. The van der Waals surface area contributed by atoms with Crippen LogP contribution < -0.4 is 10.6 Å². The second-order valence-corrected chi connectivity index (χ2v) is 4.06. The van der Waals surface area contributed by atoms with Crippen molar-refractivity contribution in [2.24, 2.45) is 0 Å². The number of hydrogen-bond acceptors (Lipinski definition) is 6. The highest BCUT2D eigenvalue weighted by atomic mass is 16.5. The molecule has 7 nitrogen and oxygen atoms in total. The molecule has 2 rings (SSSR count). The molecular formula is C11H16N4O3. The smallest absolute Gasteiger partial charge is 0.254 e. The number of aliphatic hydroxyl groups is 1. The van der Waals surface area contributed by atoms with Crippen molar-refractivity contribution in [3.8, 4) is 0 Å². The number of carbonyl (C=O) groups excluding carboxylic acids is 1. The highest BCUT2D eigenvalue weighted by molar-refractivity contribution is 5.93. The molecule has 1 aromatic heterocycles. The van der Waals surface area contributed by atoms with Gasteiger partial charge in [-0.2, -0.15) is 0 Å². The Balaban J connectivity index is 1.97. The lowest BCUT2D eigenvalue weighted by molar-refractivity contribution is -0.0260. The zero-order valence-electron chi connectivity index (χ0n) is 10.1. The molecule has 0 bridgehead atoms. The van der Waals surface area contributed by atoms with Crippen molar-refractivity contribution in [2.75, 3.05) is 25.6 Å². The molecule has 98 valence electrons. The summed E-state index contributed by atoms with van der Waals surface area (Å²) in [5, 5.41) is 15.2. The fourth-order valence-electron chi connectivity index (χ4n) is 1.72. The number of amides is 1. The largest absolute Gasteiger partial charge is 0.389 e. The van der Waals surface area contributed by atoms with Gasteiger partial charge in [-0.25, -0.2) is 9.97 Å². The maximum Gasteiger partial charge on any atom is 0.254 e. The van der Waals surface area contributed by atoms with Crippen LogP contribution in [0.25, 0.3) is 0 Å². The molecule has 18 heavy (non-hydrogen) atoms. The van der Waals surface area contributed by atoms with Gasteiger partial charge in [0, 0.05) is 26.0 Å². The summed E-state index contributed by atoms with van der Waals surface area (Å²) in [4.78, 5) is 19.8. The molecule has 0 saturated carbocycles. The van der Waals surface area contributed by atoms with Crippen LogP contribution in [0.5, 0.6) is 0 Å². The molecule has 1 aliphatic rings. The van der Waals surface area contributed by atoms with Gasteiger partial charge in [-0.1, -0.05) is 0 Å². The third-order valence-electron chi connectivity index (χ3n) is 2.78. The standard InChI is InChI=1S/C11H16N4O3/c1-12-11-13-4-7(5-14-11)10(17)15-8-2-3-18-6-9(8)16/h4-5,8-9,16H,2-3,6H2,1H3,(H,15,17)(H,12,13,14)/t8-,9-/m1/s1. The second-order valence-electron chi connectivity index (χ2n) is 4.06. The highest BCUT2D eigenvalue weighted by Gasteiger charge is 2.25. The summed E-state index contributed by atoms with van der Waals surface area (Å²) in [6, 6.07) is -0.282. The van der Waals surface area contributed by atoms with Gasteiger partial charge < -0.3 is 20.5 Å². The summed E-state index contributed by atoms with van der Waals surface area (Å²) in [6.07, 6.45) is 2.82. The van der Waals surface area contributed by atoms with E-state index in [0.717, 1.165) is 0 Å². The van der Waals surface area contributed by atoms with E-state index in [1.165, 1.54) is 12.4 Å². The molecule has 0 aliphatic carbocycles. The van der Waals surface area contributed by atoms with Crippen LogP contribution in [0.15, 0.2) is 12.4 Å². The number of anilines is 1. The van der Waals surface area contributed by atoms with E-state index in [1.54, 1.807) is 7.05 Å². The molecule has 7 heteroatoms. The highest BCUT2D eigenvalue weighted by Crippen LogP contribution is 2.09. The summed E-state index contributed by atoms with van der Waals surface area (Å²) in [5.41, 5.74) is 0.368. The van der Waals surface area contributed by atoms with Crippen LogP contribution >= 0.6 is 0 Å². The molecule has 0 unspecified atom stereocenters. The van der Waals surface area contributed by atoms with Gasteiger partial charge in [-0.3, -0.25) is 4.79 Å². The number of carbonyl (C=O) groups is 1. The van der Waals surface area contributed by atoms with Gasteiger partial charge in [0.05, 0.1) is 24.3 Å². The second kappa shape index (κ2) is 5.74. The van der Waals surface area contributed by atoms with Crippen molar-refractivity contribution in [1.29, 1.82) is 0 Å². The molecular weight excluding hydrogens is 236 g/mol. The topological polar surface area (TPSA) is 96.4 Å². The van der Waals surface area contributed by atoms with Crippen molar-refractivity contribution >= 4 is 11.9 Å². The number of nitrogens with zero attached hydrogens (tertiary/aromatic N) is 2. The third-order valence-corrected chi connectivity index (χ3v) is 2.78. The van der Waals surface area contributed by atoms with E-state index < -0.39 is 6.10 Å². The Hall–Kier alpha value is -1.73. The van der Waals surface area contributed by atoms with Crippen LogP contribution in [0.4, 0.5) is 5.95 Å². The lowest BCUT2D eigenvalue weighted by Crippen LogP contribution is -2.48. The van der Waals surface area contributed by atoms with Gasteiger partial charge in [-0.05, 0) is 6.42 Å². The molecule has 0 aromatic carbocycles. The summed E-state index contributed by atoms with van der Waals surface area (Å²) < 4.78 is 5.10. The fourth-order valence-corrected chi connectivity index (χ4v) is 1.72. The number of nitrogens with one attached hydrogen (secondary N) is 2. The molecule has 1 aromatic rings. The number of aliphatic hydroxyl groups excluding tert-OH is 1. The summed E-state index contributed by atoms with van der Waals surface area (Å²) in [7, 11) is 1.70. The molecule has 0 radical (unpaired) electrons. The zero-order chi connectivity index (χ0) is 13.0. The van der Waals surface area contributed by atoms with Crippen LogP contribution in [0.2, 0.25) is 0 Å². The van der Waals surface area contributed by atoms with Gasteiger partial charge in [-0.15, -0.1) is 0 Å². The van der Waals surface area contributed by atoms with E-state index in [2.05, 4.69) is 20.6 Å². The minimum Gasteiger partial charge on any atom is -0.389 e. The van der Waals surface area contributed by atoms with Gasteiger partial charge >= 0.3 is 0 Å². The van der Waals surface area contributed by atoms with E-state index in [-0.39, 0.29) is 18.6 Å². The van der Waals surface area contributed by atoms with E-state index >= 15 is 0 Å². The van der Waals surface area contributed by atoms with Gasteiger partial charge in [0.1, 0.15) is 0 Å². The first-order valence-corrected chi connectivity index (χ1v) is 5.77. The lowest BCUT2D eigenvalue weighted by atomic mass is 10.1. The van der Waals surface area contributed by atoms with Crippen molar-refractivity contribution in [3.05, 3.63) is 18.0 Å². The SMILES string of the molecule is CNc1ncc(C(=O)N[C@@H]2CCOC[C@H]2O)cn1. The number of ether oxygens (including phenoxy) is 1. The summed E-state index contributed by atoms with van der Waals surface area (Å²) >= 11 is 0. The van der Waals surface area contributed by atoms with Gasteiger partial charge in [0.2, 0.25) is 5.95 Å². The van der Waals surface area contributed by atoms with Crippen LogP contribution in [-0.2, 0) is 4.74 Å². The first-order chi connectivity index (χ1) is 8.70. The van der Waals surface area contributed by atoms with Crippen molar-refractivity contribution in [1.82, 2.24) is 15.3 Å². The fraction of sp³-hybridized carbons (Fsp3) is 0.545. The van der Waals surface area contributed by atoms with E-state index in [0.29, 0.717) is 24.5 Å². The predicted octanol–water partition coefficient (Wildman–Crippen LogP) is -0.602. The van der Waals surface area contributed by atoms with Gasteiger partial charge in [0.25, 0.3) is 5.91 Å². The summed E-state index contributed by atoms with van der Waals surface area (Å²) in [5.74, 6) is 0.168. The van der Waals surface area contributed by atoms with Crippen LogP contribution in [0.1, 0.15) is 16.8 Å². The maximum atomic E-state index is 11.9. The third kappa shape index (κ3) is 2.93. The average Bonchev–Trinajstić information content (AvgIpc) is 2.41. The normalized spacial score (nSPS) is 23.4. The van der Waals surface area contributed by atoms with Crippen LogP contribution in [-0.4, -0.2) is 53.4 Å². The molecule has 1 amide bonds. The van der Waals surface area contributed by atoms with Crippen molar-refractivity contribution in [2.45, 2.75) is 18.6 Å². The molecule has 2 atom stereocenters. The van der Waals surface area contributed by atoms with Gasteiger partial charge in [0.15, 0.2) is 0 Å². The molecule has 0 spiro atoms. The Morgan fingerprint density at radius 3 is 2.83 bits per heavy atom. The number of rotatable bonds is 3. The Morgan fingerprint density at radius 2 is 2.22 bits per heavy atom. The molecule has 1 saturated heterocycles. The Bertz CT molecular complexity index is 409.